The summed E-state index contributed by atoms with van der Waals surface area (Å²) in [5.74, 6) is -1.67. The zero-order valence-corrected chi connectivity index (χ0v) is 13.6. The van der Waals surface area contributed by atoms with Gasteiger partial charge in [-0.2, -0.15) is 5.10 Å². The van der Waals surface area contributed by atoms with Gasteiger partial charge >= 0.3 is 0 Å². The minimum atomic E-state index is -0.919. The van der Waals surface area contributed by atoms with E-state index in [0.29, 0.717) is 17.4 Å². The highest BCUT2D eigenvalue weighted by Gasteiger charge is 2.22. The SMILES string of the molecule is Cc1ccnn1-c1cccc(NC(=O)c2cc(F)cc([N+](=O)[O-])c2N)c1. The summed E-state index contributed by atoms with van der Waals surface area (Å²) in [6, 6.07) is 10.2. The average Bonchev–Trinajstić information content (AvgIpc) is 3.02. The molecule has 0 bridgehead atoms. The van der Waals surface area contributed by atoms with E-state index >= 15 is 0 Å². The highest BCUT2D eigenvalue weighted by Crippen LogP contribution is 2.27. The van der Waals surface area contributed by atoms with E-state index in [4.69, 9.17) is 5.73 Å². The molecule has 0 spiro atoms. The summed E-state index contributed by atoms with van der Waals surface area (Å²) in [6.07, 6.45) is 1.65. The third-order valence-corrected chi connectivity index (χ3v) is 3.74. The number of aromatic nitrogens is 2. The Bertz CT molecular complexity index is 1020. The maximum absolute atomic E-state index is 13.6. The molecule has 8 nitrogen and oxygen atoms in total. The minimum Gasteiger partial charge on any atom is -0.393 e. The third kappa shape index (κ3) is 3.22. The first-order chi connectivity index (χ1) is 12.4. The van der Waals surface area contributed by atoms with Crippen LogP contribution < -0.4 is 11.1 Å². The topological polar surface area (TPSA) is 116 Å². The molecule has 3 N–H and O–H groups in total. The Labute approximate surface area is 147 Å². The summed E-state index contributed by atoms with van der Waals surface area (Å²) >= 11 is 0. The quantitative estimate of drug-likeness (QED) is 0.424. The number of nitro groups is 1. The summed E-state index contributed by atoms with van der Waals surface area (Å²) in [5, 5.41) is 17.7. The van der Waals surface area contributed by atoms with Crippen LogP contribution in [0.5, 0.6) is 0 Å². The van der Waals surface area contributed by atoms with Crippen LogP contribution in [0.15, 0.2) is 48.7 Å². The summed E-state index contributed by atoms with van der Waals surface area (Å²) in [7, 11) is 0. The molecule has 3 aromatic rings. The number of nitrogen functional groups attached to an aromatic ring is 1. The minimum absolute atomic E-state index is 0.308. The van der Waals surface area contributed by atoms with Gasteiger partial charge in [0.1, 0.15) is 11.5 Å². The molecule has 3 rings (SSSR count). The highest BCUT2D eigenvalue weighted by molar-refractivity contribution is 6.09. The maximum Gasteiger partial charge on any atom is 0.295 e. The number of halogens is 1. The largest absolute Gasteiger partial charge is 0.393 e. The van der Waals surface area contributed by atoms with Crippen molar-refractivity contribution >= 4 is 23.0 Å². The Hall–Kier alpha value is -3.75. The zero-order chi connectivity index (χ0) is 18.8. The number of carbonyl (C=O) groups is 1. The second kappa shape index (κ2) is 6.63. The van der Waals surface area contributed by atoms with Crippen molar-refractivity contribution < 1.29 is 14.1 Å². The third-order valence-electron chi connectivity index (χ3n) is 3.74. The van der Waals surface area contributed by atoms with Crippen molar-refractivity contribution in [2.45, 2.75) is 6.92 Å². The van der Waals surface area contributed by atoms with E-state index in [-0.39, 0.29) is 5.56 Å². The van der Waals surface area contributed by atoms with Gasteiger partial charge in [-0.1, -0.05) is 6.07 Å². The number of nitro benzene ring substituents is 1. The van der Waals surface area contributed by atoms with E-state index in [1.54, 1.807) is 35.1 Å². The molecule has 0 unspecified atom stereocenters. The van der Waals surface area contributed by atoms with Gasteiger partial charge in [0.2, 0.25) is 0 Å². The van der Waals surface area contributed by atoms with Crippen molar-refractivity contribution in [3.8, 4) is 5.69 Å². The molecule has 26 heavy (non-hydrogen) atoms. The Morgan fingerprint density at radius 2 is 2.08 bits per heavy atom. The molecule has 1 aromatic heterocycles. The number of nitrogens with zero attached hydrogens (tertiary/aromatic N) is 3. The van der Waals surface area contributed by atoms with Gasteiger partial charge in [-0.3, -0.25) is 14.9 Å². The molecule has 0 aliphatic rings. The fraction of sp³-hybridized carbons (Fsp3) is 0.0588. The number of carbonyl (C=O) groups excluding carboxylic acids is 1. The number of anilines is 2. The van der Waals surface area contributed by atoms with Crippen LogP contribution in [0, 0.1) is 22.9 Å². The summed E-state index contributed by atoms with van der Waals surface area (Å²) in [4.78, 5) is 22.5. The smallest absolute Gasteiger partial charge is 0.295 e. The predicted octanol–water partition coefficient (Wildman–Crippen LogP) is 3.06. The molecule has 2 aromatic carbocycles. The standard InChI is InChI=1S/C17H14FN5O3/c1-10-5-6-20-22(10)13-4-2-3-12(9-13)21-17(24)14-7-11(18)8-15(16(14)19)23(25)26/h2-9H,19H2,1H3,(H,21,24). The second-order valence-corrected chi connectivity index (χ2v) is 5.53. The van der Waals surface area contributed by atoms with Crippen LogP contribution >= 0.6 is 0 Å². The van der Waals surface area contributed by atoms with Crippen LogP contribution in [0.25, 0.3) is 5.69 Å². The molecule has 132 valence electrons. The Balaban J connectivity index is 1.92. The van der Waals surface area contributed by atoms with E-state index in [2.05, 4.69) is 10.4 Å². The molecular formula is C17H14FN5O3. The van der Waals surface area contributed by atoms with E-state index < -0.39 is 28.0 Å². The molecule has 0 fully saturated rings. The van der Waals surface area contributed by atoms with E-state index in [0.717, 1.165) is 11.8 Å². The molecule has 0 aliphatic heterocycles. The number of nitrogens with two attached hydrogens (primary N) is 1. The maximum atomic E-state index is 13.6. The Morgan fingerprint density at radius 1 is 1.31 bits per heavy atom. The van der Waals surface area contributed by atoms with E-state index in [9.17, 15) is 19.3 Å². The molecule has 0 aliphatic carbocycles. The fourth-order valence-corrected chi connectivity index (χ4v) is 2.50. The van der Waals surface area contributed by atoms with Crippen molar-refractivity contribution in [2.24, 2.45) is 0 Å². The highest BCUT2D eigenvalue weighted by atomic mass is 19.1. The number of amides is 1. The van der Waals surface area contributed by atoms with E-state index in [1.807, 2.05) is 13.0 Å². The Morgan fingerprint density at radius 3 is 2.73 bits per heavy atom. The predicted molar refractivity (Wildman–Crippen MR) is 93.7 cm³/mol. The summed E-state index contributed by atoms with van der Waals surface area (Å²) in [5.41, 5.74) is 6.32. The monoisotopic (exact) mass is 355 g/mol. The van der Waals surface area contributed by atoms with Gasteiger partial charge in [0, 0.05) is 17.6 Å². The van der Waals surface area contributed by atoms with Gasteiger partial charge < -0.3 is 11.1 Å². The van der Waals surface area contributed by atoms with Crippen LogP contribution in [0.4, 0.5) is 21.5 Å². The first-order valence-corrected chi connectivity index (χ1v) is 7.52. The number of aryl methyl sites for hydroxylation is 1. The van der Waals surface area contributed by atoms with Gasteiger partial charge in [-0.15, -0.1) is 0 Å². The first-order valence-electron chi connectivity index (χ1n) is 7.52. The molecule has 1 amide bonds. The lowest BCUT2D eigenvalue weighted by molar-refractivity contribution is -0.384. The average molecular weight is 355 g/mol. The molecular weight excluding hydrogens is 341 g/mol. The van der Waals surface area contributed by atoms with Gasteiger partial charge in [0.25, 0.3) is 11.6 Å². The second-order valence-electron chi connectivity index (χ2n) is 5.53. The normalized spacial score (nSPS) is 10.5. The van der Waals surface area contributed by atoms with Crippen molar-refractivity contribution in [2.75, 3.05) is 11.1 Å². The van der Waals surface area contributed by atoms with Crippen LogP contribution in [-0.2, 0) is 0 Å². The van der Waals surface area contributed by atoms with Crippen molar-refractivity contribution in [3.63, 3.8) is 0 Å². The van der Waals surface area contributed by atoms with Gasteiger partial charge in [0.15, 0.2) is 0 Å². The number of nitrogens with one attached hydrogen (secondary N) is 1. The molecule has 9 heteroatoms. The molecule has 0 radical (unpaired) electrons. The number of rotatable bonds is 4. The van der Waals surface area contributed by atoms with E-state index in [1.165, 1.54) is 0 Å². The lowest BCUT2D eigenvalue weighted by Crippen LogP contribution is -2.15. The van der Waals surface area contributed by atoms with Crippen LogP contribution in [-0.4, -0.2) is 20.6 Å². The van der Waals surface area contributed by atoms with Crippen molar-refractivity contribution in [1.29, 1.82) is 0 Å². The lowest BCUT2D eigenvalue weighted by Gasteiger charge is -2.10. The van der Waals surface area contributed by atoms with Gasteiger partial charge in [-0.05, 0) is 37.3 Å². The summed E-state index contributed by atoms with van der Waals surface area (Å²) < 4.78 is 15.3. The van der Waals surface area contributed by atoms with Gasteiger partial charge in [0.05, 0.1) is 22.2 Å². The summed E-state index contributed by atoms with van der Waals surface area (Å²) in [6.45, 7) is 1.88. The number of hydrogen-bond acceptors (Lipinski definition) is 5. The van der Waals surface area contributed by atoms with Crippen molar-refractivity contribution in [3.05, 3.63) is 75.9 Å². The number of hydrogen-bond donors (Lipinski definition) is 2. The number of benzene rings is 2. The molecule has 1 heterocycles. The van der Waals surface area contributed by atoms with Gasteiger partial charge in [-0.25, -0.2) is 9.07 Å². The lowest BCUT2D eigenvalue weighted by atomic mass is 10.1. The molecule has 0 atom stereocenters. The zero-order valence-electron chi connectivity index (χ0n) is 13.6. The molecule has 0 saturated heterocycles. The molecule has 0 saturated carbocycles. The van der Waals surface area contributed by atoms with Crippen LogP contribution in [0.2, 0.25) is 0 Å². The van der Waals surface area contributed by atoms with Crippen molar-refractivity contribution in [1.82, 2.24) is 9.78 Å². The fourth-order valence-electron chi connectivity index (χ4n) is 2.50. The van der Waals surface area contributed by atoms with Crippen LogP contribution in [0.3, 0.4) is 0 Å². The van der Waals surface area contributed by atoms with Crippen LogP contribution in [0.1, 0.15) is 16.1 Å². The first kappa shape index (κ1) is 17.1. The Kier molecular flexibility index (Phi) is 4.36.